The predicted molar refractivity (Wildman–Crippen MR) is 91.5 cm³/mol. The molecule has 0 fully saturated rings. The van der Waals surface area contributed by atoms with Gasteiger partial charge in [-0.25, -0.2) is 0 Å². The average Bonchev–Trinajstić information content (AvgIpc) is 3.22. The first-order valence-corrected chi connectivity index (χ1v) is 8.79. The zero-order chi connectivity index (χ0) is 14.0. The summed E-state index contributed by atoms with van der Waals surface area (Å²) in [6.07, 6.45) is 0. The van der Waals surface area contributed by atoms with Gasteiger partial charge in [-0.15, -0.1) is 22.7 Å². The van der Waals surface area contributed by atoms with Crippen LogP contribution in [-0.2, 0) is 5.41 Å². The van der Waals surface area contributed by atoms with Crippen molar-refractivity contribution in [2.75, 3.05) is 0 Å². The molecule has 5 rings (SSSR count). The molecule has 0 unspecified atom stereocenters. The molecular formula is C18H13NS2. The molecule has 0 saturated carbocycles. The number of aromatic amines is 1. The van der Waals surface area contributed by atoms with Crippen molar-refractivity contribution in [3.8, 4) is 9.75 Å². The van der Waals surface area contributed by atoms with Gasteiger partial charge in [-0.3, -0.25) is 0 Å². The van der Waals surface area contributed by atoms with E-state index in [0.717, 1.165) is 0 Å². The van der Waals surface area contributed by atoms with Crippen LogP contribution in [0.2, 0.25) is 0 Å². The molecule has 102 valence electrons. The van der Waals surface area contributed by atoms with Crippen LogP contribution in [0.1, 0.15) is 23.7 Å². The Morgan fingerprint density at radius 2 is 1.57 bits per heavy atom. The highest BCUT2D eigenvalue weighted by molar-refractivity contribution is 7.21. The Morgan fingerprint density at radius 1 is 0.905 bits per heavy atom. The van der Waals surface area contributed by atoms with E-state index in [1.54, 1.807) is 0 Å². The fourth-order valence-corrected chi connectivity index (χ4v) is 5.74. The number of thiophene rings is 2. The van der Waals surface area contributed by atoms with Crippen LogP contribution < -0.4 is 0 Å². The zero-order valence-corrected chi connectivity index (χ0v) is 13.1. The Hall–Kier alpha value is -1.84. The third-order valence-electron chi connectivity index (χ3n) is 4.68. The quantitative estimate of drug-likeness (QED) is 0.469. The van der Waals surface area contributed by atoms with Crippen molar-refractivity contribution < 1.29 is 0 Å². The molecule has 1 nitrogen and oxygen atoms in total. The van der Waals surface area contributed by atoms with Gasteiger partial charge in [0.2, 0.25) is 0 Å². The maximum absolute atomic E-state index is 3.65. The Kier molecular flexibility index (Phi) is 2.17. The summed E-state index contributed by atoms with van der Waals surface area (Å²) in [5, 5.41) is 5.72. The molecule has 0 saturated heterocycles. The van der Waals surface area contributed by atoms with E-state index in [9.17, 15) is 0 Å². The molecule has 0 radical (unpaired) electrons. The molecule has 0 amide bonds. The predicted octanol–water partition coefficient (Wildman–Crippen LogP) is 5.63. The van der Waals surface area contributed by atoms with Gasteiger partial charge in [0.25, 0.3) is 0 Å². The van der Waals surface area contributed by atoms with Crippen LogP contribution in [0.25, 0.3) is 20.7 Å². The molecule has 0 bridgehead atoms. The summed E-state index contributed by atoms with van der Waals surface area (Å²) in [6.45, 7) is 2.35. The number of H-pyrrole nitrogens is 1. The zero-order valence-electron chi connectivity index (χ0n) is 11.5. The first-order chi connectivity index (χ1) is 10.3. The van der Waals surface area contributed by atoms with Crippen molar-refractivity contribution in [3.05, 3.63) is 70.0 Å². The van der Waals surface area contributed by atoms with Crippen LogP contribution in [0, 0.1) is 0 Å². The summed E-state index contributed by atoms with van der Waals surface area (Å²) in [7, 11) is 0. The molecule has 4 aromatic rings. The minimum absolute atomic E-state index is 0.0519. The molecule has 1 aromatic carbocycles. The standard InChI is InChI=1S/C18H13NS2/c1-18(15-10-11-4-2-3-5-14(11)19-15)12-6-8-20-16(12)17-13(18)7-9-21-17/h2-10,19H,1H3. The largest absolute Gasteiger partial charge is 0.357 e. The molecule has 3 aromatic heterocycles. The van der Waals surface area contributed by atoms with Crippen LogP contribution >= 0.6 is 22.7 Å². The first kappa shape index (κ1) is 11.8. The highest BCUT2D eigenvalue weighted by Gasteiger charge is 2.43. The third-order valence-corrected chi connectivity index (χ3v) is 6.68. The lowest BCUT2D eigenvalue weighted by Gasteiger charge is -2.24. The molecule has 0 aliphatic heterocycles. The van der Waals surface area contributed by atoms with Gasteiger partial charge in [0.1, 0.15) is 0 Å². The minimum Gasteiger partial charge on any atom is -0.357 e. The maximum atomic E-state index is 3.65. The number of nitrogens with one attached hydrogen (secondary N) is 1. The smallest absolute Gasteiger partial charge is 0.0603 e. The van der Waals surface area contributed by atoms with E-state index in [0.29, 0.717) is 0 Å². The molecule has 1 aliphatic carbocycles. The summed E-state index contributed by atoms with van der Waals surface area (Å²) < 4.78 is 0. The molecule has 3 heterocycles. The Labute approximate surface area is 130 Å². The van der Waals surface area contributed by atoms with Gasteiger partial charge in [0, 0.05) is 21.0 Å². The summed E-state index contributed by atoms with van der Waals surface area (Å²) in [4.78, 5) is 6.54. The van der Waals surface area contributed by atoms with Gasteiger partial charge in [-0.1, -0.05) is 18.2 Å². The van der Waals surface area contributed by atoms with Gasteiger partial charge >= 0.3 is 0 Å². The van der Waals surface area contributed by atoms with E-state index in [2.05, 4.69) is 65.1 Å². The number of hydrogen-bond donors (Lipinski definition) is 1. The van der Waals surface area contributed by atoms with E-state index < -0.39 is 0 Å². The molecule has 1 N–H and O–H groups in total. The highest BCUT2D eigenvalue weighted by atomic mass is 32.1. The van der Waals surface area contributed by atoms with Crippen molar-refractivity contribution in [2.45, 2.75) is 12.3 Å². The monoisotopic (exact) mass is 307 g/mol. The van der Waals surface area contributed by atoms with Crippen molar-refractivity contribution in [1.29, 1.82) is 0 Å². The molecule has 1 aliphatic rings. The fraction of sp³-hybridized carbons (Fsp3) is 0.111. The molecule has 0 atom stereocenters. The number of aromatic nitrogens is 1. The van der Waals surface area contributed by atoms with Crippen molar-refractivity contribution >= 4 is 33.6 Å². The average molecular weight is 307 g/mol. The maximum Gasteiger partial charge on any atom is 0.0603 e. The summed E-state index contributed by atoms with van der Waals surface area (Å²) in [5.74, 6) is 0. The second-order valence-corrected chi connectivity index (χ2v) is 7.55. The van der Waals surface area contributed by atoms with Gasteiger partial charge in [-0.2, -0.15) is 0 Å². The van der Waals surface area contributed by atoms with Crippen molar-refractivity contribution in [3.63, 3.8) is 0 Å². The Bertz CT molecular complexity index is 897. The normalized spacial score (nSPS) is 15.3. The SMILES string of the molecule is CC1(c2cc3ccccc3[nH]2)c2ccsc2-c2sccc21. The second kappa shape index (κ2) is 3.87. The lowest BCUT2D eigenvalue weighted by Crippen LogP contribution is -2.21. The summed E-state index contributed by atoms with van der Waals surface area (Å²) in [6, 6.07) is 15.4. The third kappa shape index (κ3) is 1.36. The highest BCUT2D eigenvalue weighted by Crippen LogP contribution is 2.56. The van der Waals surface area contributed by atoms with Crippen molar-refractivity contribution in [1.82, 2.24) is 4.98 Å². The summed E-state index contributed by atoms with van der Waals surface area (Å²) in [5.41, 5.74) is 5.35. The van der Waals surface area contributed by atoms with Gasteiger partial charge < -0.3 is 4.98 Å². The first-order valence-electron chi connectivity index (χ1n) is 7.03. The van der Waals surface area contributed by atoms with Crippen molar-refractivity contribution in [2.24, 2.45) is 0 Å². The number of hydrogen-bond acceptors (Lipinski definition) is 2. The van der Waals surface area contributed by atoms with E-state index in [1.807, 2.05) is 22.7 Å². The Morgan fingerprint density at radius 3 is 2.24 bits per heavy atom. The molecule has 21 heavy (non-hydrogen) atoms. The minimum atomic E-state index is -0.0519. The lowest BCUT2D eigenvalue weighted by molar-refractivity contribution is 0.695. The van der Waals surface area contributed by atoms with Gasteiger partial charge in [0.05, 0.1) is 5.41 Å². The van der Waals surface area contributed by atoms with Crippen LogP contribution in [0.5, 0.6) is 0 Å². The van der Waals surface area contributed by atoms with Crippen LogP contribution in [-0.4, -0.2) is 4.98 Å². The molecular weight excluding hydrogens is 294 g/mol. The molecule has 3 heteroatoms. The number of rotatable bonds is 1. The van der Waals surface area contributed by atoms with Crippen LogP contribution in [0.4, 0.5) is 0 Å². The van der Waals surface area contributed by atoms with E-state index in [4.69, 9.17) is 0 Å². The Balaban J connectivity index is 1.86. The van der Waals surface area contributed by atoms with Crippen LogP contribution in [0.3, 0.4) is 0 Å². The summed E-state index contributed by atoms with van der Waals surface area (Å²) >= 11 is 3.72. The topological polar surface area (TPSA) is 15.8 Å². The number of fused-ring (bicyclic) bond motifs is 4. The van der Waals surface area contributed by atoms with E-state index in [1.165, 1.54) is 37.5 Å². The molecule has 0 spiro atoms. The van der Waals surface area contributed by atoms with Gasteiger partial charge in [0.15, 0.2) is 0 Å². The van der Waals surface area contributed by atoms with E-state index in [-0.39, 0.29) is 5.41 Å². The lowest BCUT2D eigenvalue weighted by atomic mass is 9.79. The van der Waals surface area contributed by atoms with Crippen LogP contribution in [0.15, 0.2) is 53.2 Å². The number of para-hydroxylation sites is 1. The van der Waals surface area contributed by atoms with E-state index >= 15 is 0 Å². The van der Waals surface area contributed by atoms with Gasteiger partial charge in [-0.05, 0) is 58.5 Å². The number of benzene rings is 1. The fourth-order valence-electron chi connectivity index (χ4n) is 3.54. The second-order valence-electron chi connectivity index (χ2n) is 5.72.